The van der Waals surface area contributed by atoms with E-state index in [1.54, 1.807) is 11.3 Å². The van der Waals surface area contributed by atoms with E-state index in [-0.39, 0.29) is 24.0 Å². The maximum Gasteiger partial charge on any atom is 0.191 e. The lowest BCUT2D eigenvalue weighted by Gasteiger charge is -2.30. The SMILES string of the molecule is CCNC(=NCC1CCN(Cc2csc(C)n2)CC1)NCCOc1ccc(C)cc1.I. The van der Waals surface area contributed by atoms with Crippen LogP contribution in [0.3, 0.4) is 0 Å². The summed E-state index contributed by atoms with van der Waals surface area (Å²) in [6, 6.07) is 8.15. The van der Waals surface area contributed by atoms with Gasteiger partial charge in [0.2, 0.25) is 0 Å². The Morgan fingerprint density at radius 2 is 1.94 bits per heavy atom. The number of thiazole rings is 1. The van der Waals surface area contributed by atoms with E-state index in [0.717, 1.165) is 56.0 Å². The van der Waals surface area contributed by atoms with Crippen molar-refractivity contribution < 1.29 is 4.74 Å². The molecule has 172 valence electrons. The van der Waals surface area contributed by atoms with Crippen molar-refractivity contribution in [3.8, 4) is 5.75 Å². The molecule has 2 aromatic rings. The summed E-state index contributed by atoms with van der Waals surface area (Å²) >= 11 is 1.74. The number of hydrogen-bond donors (Lipinski definition) is 2. The maximum atomic E-state index is 5.79. The molecule has 1 aromatic carbocycles. The Morgan fingerprint density at radius 3 is 2.58 bits per heavy atom. The third-order valence-corrected chi connectivity index (χ3v) is 6.12. The van der Waals surface area contributed by atoms with E-state index in [2.05, 4.69) is 58.8 Å². The number of likely N-dealkylation sites (tertiary alicyclic amines) is 1. The van der Waals surface area contributed by atoms with Gasteiger partial charge in [-0.05, 0) is 64.8 Å². The molecule has 2 heterocycles. The van der Waals surface area contributed by atoms with E-state index in [9.17, 15) is 0 Å². The largest absolute Gasteiger partial charge is 0.492 e. The zero-order valence-electron chi connectivity index (χ0n) is 18.9. The first-order valence-corrected chi connectivity index (χ1v) is 11.9. The molecule has 31 heavy (non-hydrogen) atoms. The molecule has 8 heteroatoms. The zero-order valence-corrected chi connectivity index (χ0v) is 22.0. The Labute approximate surface area is 207 Å². The number of ether oxygens (including phenoxy) is 1. The first-order valence-electron chi connectivity index (χ1n) is 11.0. The van der Waals surface area contributed by atoms with Crippen molar-refractivity contribution in [2.45, 2.75) is 40.2 Å². The second-order valence-corrected chi connectivity index (χ2v) is 8.95. The average molecular weight is 558 g/mol. The molecule has 6 nitrogen and oxygen atoms in total. The van der Waals surface area contributed by atoms with Crippen molar-refractivity contribution in [2.24, 2.45) is 10.9 Å². The molecule has 0 saturated carbocycles. The smallest absolute Gasteiger partial charge is 0.191 e. The predicted octanol–water partition coefficient (Wildman–Crippen LogP) is 4.22. The normalized spacial score (nSPS) is 15.4. The zero-order chi connectivity index (χ0) is 21.2. The van der Waals surface area contributed by atoms with Crippen LogP contribution >= 0.6 is 35.3 Å². The van der Waals surface area contributed by atoms with Crippen LogP contribution in [0.25, 0.3) is 0 Å². The Balaban J connectivity index is 0.00000341. The highest BCUT2D eigenvalue weighted by molar-refractivity contribution is 14.0. The highest BCUT2D eigenvalue weighted by Gasteiger charge is 2.19. The van der Waals surface area contributed by atoms with Crippen molar-refractivity contribution >= 4 is 41.3 Å². The second-order valence-electron chi connectivity index (χ2n) is 7.89. The van der Waals surface area contributed by atoms with E-state index >= 15 is 0 Å². The fourth-order valence-electron chi connectivity index (χ4n) is 3.57. The highest BCUT2D eigenvalue weighted by Crippen LogP contribution is 2.20. The van der Waals surface area contributed by atoms with Crippen molar-refractivity contribution in [2.75, 3.05) is 39.3 Å². The molecule has 0 unspecified atom stereocenters. The fraction of sp³-hybridized carbons (Fsp3) is 0.565. The van der Waals surface area contributed by atoms with E-state index < -0.39 is 0 Å². The minimum absolute atomic E-state index is 0. The van der Waals surface area contributed by atoms with Crippen LogP contribution in [-0.4, -0.2) is 55.2 Å². The van der Waals surface area contributed by atoms with Gasteiger partial charge >= 0.3 is 0 Å². The van der Waals surface area contributed by atoms with Gasteiger partial charge in [-0.3, -0.25) is 9.89 Å². The van der Waals surface area contributed by atoms with E-state index in [4.69, 9.17) is 9.73 Å². The Morgan fingerprint density at radius 1 is 1.19 bits per heavy atom. The van der Waals surface area contributed by atoms with Crippen LogP contribution in [0.1, 0.15) is 36.0 Å². The Bertz CT molecular complexity index is 788. The van der Waals surface area contributed by atoms with Gasteiger partial charge in [0, 0.05) is 25.0 Å². The van der Waals surface area contributed by atoms with Gasteiger partial charge in [-0.15, -0.1) is 35.3 Å². The van der Waals surface area contributed by atoms with Crippen LogP contribution in [-0.2, 0) is 6.54 Å². The topological polar surface area (TPSA) is 61.8 Å². The molecule has 1 saturated heterocycles. The van der Waals surface area contributed by atoms with Gasteiger partial charge in [0.1, 0.15) is 12.4 Å². The summed E-state index contributed by atoms with van der Waals surface area (Å²) in [6.45, 7) is 12.6. The molecule has 1 aromatic heterocycles. The minimum Gasteiger partial charge on any atom is -0.492 e. The number of benzene rings is 1. The number of piperidine rings is 1. The lowest BCUT2D eigenvalue weighted by molar-refractivity contribution is 0.179. The van der Waals surface area contributed by atoms with Crippen molar-refractivity contribution in [3.63, 3.8) is 0 Å². The van der Waals surface area contributed by atoms with Gasteiger partial charge in [0.25, 0.3) is 0 Å². The molecule has 0 bridgehead atoms. The summed E-state index contributed by atoms with van der Waals surface area (Å²) < 4.78 is 5.79. The van der Waals surface area contributed by atoms with E-state index in [0.29, 0.717) is 12.5 Å². The molecule has 2 N–H and O–H groups in total. The van der Waals surface area contributed by atoms with Gasteiger partial charge in [-0.2, -0.15) is 0 Å². The minimum atomic E-state index is 0. The van der Waals surface area contributed by atoms with Crippen molar-refractivity contribution in [1.82, 2.24) is 20.5 Å². The van der Waals surface area contributed by atoms with Gasteiger partial charge in [-0.1, -0.05) is 17.7 Å². The molecule has 1 fully saturated rings. The molecule has 0 spiro atoms. The second kappa shape index (κ2) is 13.9. The lowest BCUT2D eigenvalue weighted by atomic mass is 9.97. The average Bonchev–Trinajstić information content (AvgIpc) is 3.16. The standard InChI is InChI=1S/C23H35N5OS.HI/c1-4-24-23(25-11-14-29-22-7-5-18(2)6-8-22)26-15-20-9-12-28(13-10-20)16-21-17-30-19(3)27-21;/h5-8,17,20H,4,9-16H2,1-3H3,(H2,24,25,26);1H. The van der Waals surface area contributed by atoms with Gasteiger partial charge < -0.3 is 15.4 Å². The van der Waals surface area contributed by atoms with Crippen LogP contribution in [0, 0.1) is 19.8 Å². The number of rotatable bonds is 9. The number of aliphatic imine (C=N–C) groups is 1. The molecule has 0 atom stereocenters. The molecular weight excluding hydrogens is 521 g/mol. The van der Waals surface area contributed by atoms with Crippen LogP contribution in [0.5, 0.6) is 5.75 Å². The summed E-state index contributed by atoms with van der Waals surface area (Å²) in [6.07, 6.45) is 2.39. The summed E-state index contributed by atoms with van der Waals surface area (Å²) in [5, 5.41) is 10.1. The molecule has 0 radical (unpaired) electrons. The summed E-state index contributed by atoms with van der Waals surface area (Å²) in [4.78, 5) is 11.9. The quantitative estimate of drug-likeness (QED) is 0.209. The number of aryl methyl sites for hydroxylation is 2. The van der Waals surface area contributed by atoms with Gasteiger partial charge in [0.05, 0.1) is 17.2 Å². The number of halogens is 1. The number of nitrogens with one attached hydrogen (secondary N) is 2. The maximum absolute atomic E-state index is 5.79. The van der Waals surface area contributed by atoms with Crippen LogP contribution in [0.2, 0.25) is 0 Å². The third kappa shape index (κ3) is 9.33. The highest BCUT2D eigenvalue weighted by atomic mass is 127. The first-order chi connectivity index (χ1) is 14.6. The van der Waals surface area contributed by atoms with E-state index in [1.807, 2.05) is 12.1 Å². The monoisotopic (exact) mass is 557 g/mol. The lowest BCUT2D eigenvalue weighted by Crippen LogP contribution is -2.40. The number of aromatic nitrogens is 1. The van der Waals surface area contributed by atoms with Crippen molar-refractivity contribution in [1.29, 1.82) is 0 Å². The predicted molar refractivity (Wildman–Crippen MR) is 141 cm³/mol. The number of guanidine groups is 1. The van der Waals surface area contributed by atoms with Crippen molar-refractivity contribution in [3.05, 3.63) is 45.9 Å². The first kappa shape index (κ1) is 25.9. The number of hydrogen-bond acceptors (Lipinski definition) is 5. The molecule has 1 aliphatic rings. The third-order valence-electron chi connectivity index (χ3n) is 5.30. The summed E-state index contributed by atoms with van der Waals surface area (Å²) in [5.41, 5.74) is 2.45. The number of nitrogens with zero attached hydrogens (tertiary/aromatic N) is 3. The van der Waals surface area contributed by atoms with Crippen LogP contribution < -0.4 is 15.4 Å². The molecular formula is C23H36IN5OS. The van der Waals surface area contributed by atoms with Crippen LogP contribution in [0.15, 0.2) is 34.6 Å². The van der Waals surface area contributed by atoms with Crippen LogP contribution in [0.4, 0.5) is 0 Å². The Kier molecular flexibility index (Phi) is 11.6. The Hall–Kier alpha value is -1.39. The summed E-state index contributed by atoms with van der Waals surface area (Å²) in [5.74, 6) is 2.44. The van der Waals surface area contributed by atoms with E-state index in [1.165, 1.54) is 24.1 Å². The molecule has 0 amide bonds. The molecule has 3 rings (SSSR count). The summed E-state index contributed by atoms with van der Waals surface area (Å²) in [7, 11) is 0. The molecule has 0 aliphatic carbocycles. The van der Waals surface area contributed by atoms with Gasteiger partial charge in [-0.25, -0.2) is 4.98 Å². The van der Waals surface area contributed by atoms with Gasteiger partial charge in [0.15, 0.2) is 5.96 Å². The fourth-order valence-corrected chi connectivity index (χ4v) is 4.18. The molecule has 1 aliphatic heterocycles.